The molecule has 1 aliphatic carbocycles. The van der Waals surface area contributed by atoms with Gasteiger partial charge in [0.05, 0.1) is 6.54 Å². The lowest BCUT2D eigenvalue weighted by Crippen LogP contribution is -2.52. The first-order valence-electron chi connectivity index (χ1n) is 7.17. The fourth-order valence-electron chi connectivity index (χ4n) is 3.50. The monoisotopic (exact) mass is 279 g/mol. The van der Waals surface area contributed by atoms with E-state index in [1.165, 1.54) is 0 Å². The third-order valence-electron chi connectivity index (χ3n) is 4.65. The summed E-state index contributed by atoms with van der Waals surface area (Å²) in [5, 5.41) is 0. The third-order valence-corrected chi connectivity index (χ3v) is 4.65. The summed E-state index contributed by atoms with van der Waals surface area (Å²) in [4.78, 5) is 14.2. The summed E-state index contributed by atoms with van der Waals surface area (Å²) < 4.78 is 26.1. The first kappa shape index (κ1) is 13.7. The number of carbonyl (C=O) groups is 1. The summed E-state index contributed by atoms with van der Waals surface area (Å²) in [7, 11) is 0. The Labute approximate surface area is 117 Å². The molecule has 1 aromatic rings. The number of hydrogen-bond acceptors (Lipinski definition) is 2. The molecule has 1 aliphatic heterocycles. The Morgan fingerprint density at radius 3 is 2.25 bits per heavy atom. The second-order valence-electron chi connectivity index (χ2n) is 6.27. The van der Waals surface area contributed by atoms with E-state index in [9.17, 15) is 13.6 Å². The summed E-state index contributed by atoms with van der Waals surface area (Å²) in [5.41, 5.74) is 0.582. The van der Waals surface area contributed by atoms with Gasteiger partial charge in [-0.1, -0.05) is 30.3 Å². The summed E-state index contributed by atoms with van der Waals surface area (Å²) in [5.74, 6) is -2.33. The van der Waals surface area contributed by atoms with Gasteiger partial charge in [-0.25, -0.2) is 8.78 Å². The zero-order valence-corrected chi connectivity index (χ0v) is 11.4. The molecule has 1 aromatic carbocycles. The van der Waals surface area contributed by atoms with Crippen LogP contribution in [0.5, 0.6) is 0 Å². The van der Waals surface area contributed by atoms with Crippen molar-refractivity contribution in [3.05, 3.63) is 35.9 Å². The molecule has 3 rings (SSSR count). The number of likely N-dealkylation sites (tertiary alicyclic amines) is 1. The van der Waals surface area contributed by atoms with Crippen molar-refractivity contribution in [2.24, 2.45) is 5.41 Å². The van der Waals surface area contributed by atoms with E-state index in [4.69, 9.17) is 0 Å². The highest BCUT2D eigenvalue weighted by Gasteiger charge is 2.56. The molecule has 1 spiro atoms. The maximum Gasteiger partial charge on any atom is 0.249 e. The maximum absolute atomic E-state index is 13.0. The number of halogens is 2. The molecule has 0 N–H and O–H groups in total. The molecule has 2 nitrogen and oxygen atoms in total. The molecule has 0 unspecified atom stereocenters. The van der Waals surface area contributed by atoms with Crippen molar-refractivity contribution in [1.82, 2.24) is 4.90 Å². The first-order valence-corrected chi connectivity index (χ1v) is 7.17. The number of ketones is 1. The average molecular weight is 279 g/mol. The van der Waals surface area contributed by atoms with Crippen molar-refractivity contribution in [2.45, 2.75) is 31.6 Å². The lowest BCUT2D eigenvalue weighted by molar-refractivity contribution is -0.177. The molecule has 0 radical (unpaired) electrons. The molecule has 2 fully saturated rings. The van der Waals surface area contributed by atoms with Gasteiger partial charge in [0.2, 0.25) is 5.92 Å². The van der Waals surface area contributed by atoms with Crippen LogP contribution in [0.15, 0.2) is 30.3 Å². The van der Waals surface area contributed by atoms with E-state index < -0.39 is 5.92 Å². The fraction of sp³-hybridized carbons (Fsp3) is 0.562. The number of hydrogen-bond donors (Lipinski definition) is 0. The molecular formula is C16H19F2NO. The highest BCUT2D eigenvalue weighted by atomic mass is 19.3. The highest BCUT2D eigenvalue weighted by molar-refractivity contribution is 5.97. The molecule has 0 atom stereocenters. The lowest BCUT2D eigenvalue weighted by atomic mass is 9.61. The van der Waals surface area contributed by atoms with Gasteiger partial charge in [0, 0.05) is 18.4 Å². The smallest absolute Gasteiger partial charge is 0.249 e. The second-order valence-corrected chi connectivity index (χ2v) is 6.27. The minimum Gasteiger partial charge on any atom is -0.296 e. The molecule has 1 saturated carbocycles. The van der Waals surface area contributed by atoms with Gasteiger partial charge in [-0.15, -0.1) is 0 Å². The molecule has 1 saturated heterocycles. The molecule has 1 heterocycles. The number of piperidine rings is 1. The minimum atomic E-state index is -2.44. The Hall–Kier alpha value is -1.29. The Morgan fingerprint density at radius 1 is 1.10 bits per heavy atom. The van der Waals surface area contributed by atoms with Crippen LogP contribution in [0, 0.1) is 5.41 Å². The zero-order chi connectivity index (χ0) is 14.2. The quantitative estimate of drug-likeness (QED) is 0.791. The van der Waals surface area contributed by atoms with Crippen molar-refractivity contribution in [3.63, 3.8) is 0 Å². The van der Waals surface area contributed by atoms with Crippen LogP contribution in [0.1, 0.15) is 36.0 Å². The summed E-state index contributed by atoms with van der Waals surface area (Å²) in [6.45, 7) is 1.92. The van der Waals surface area contributed by atoms with Gasteiger partial charge in [0.1, 0.15) is 0 Å². The van der Waals surface area contributed by atoms with Crippen LogP contribution in [0.3, 0.4) is 0 Å². The van der Waals surface area contributed by atoms with Gasteiger partial charge in [-0.2, -0.15) is 0 Å². The standard InChI is InChI=1S/C16H19F2NO/c17-16(18)11-15(12-16)6-8-19(9-7-15)10-14(20)13-4-2-1-3-5-13/h1-5H,6-12H2. The summed E-state index contributed by atoms with van der Waals surface area (Å²) in [6, 6.07) is 9.24. The van der Waals surface area contributed by atoms with E-state index in [-0.39, 0.29) is 24.0 Å². The first-order chi connectivity index (χ1) is 9.48. The van der Waals surface area contributed by atoms with E-state index >= 15 is 0 Å². The number of rotatable bonds is 3. The van der Waals surface area contributed by atoms with Crippen LogP contribution < -0.4 is 0 Å². The van der Waals surface area contributed by atoms with Crippen LogP contribution in [-0.4, -0.2) is 36.2 Å². The van der Waals surface area contributed by atoms with E-state index in [0.717, 1.165) is 31.5 Å². The molecule has 0 amide bonds. The maximum atomic E-state index is 13.0. The van der Waals surface area contributed by atoms with E-state index in [2.05, 4.69) is 4.90 Å². The van der Waals surface area contributed by atoms with Crippen molar-refractivity contribution in [1.29, 1.82) is 0 Å². The number of nitrogens with zero attached hydrogens (tertiary/aromatic N) is 1. The molecular weight excluding hydrogens is 260 g/mol. The Morgan fingerprint density at radius 2 is 1.70 bits per heavy atom. The molecule has 0 aromatic heterocycles. The van der Waals surface area contributed by atoms with Crippen LogP contribution in [0.25, 0.3) is 0 Å². The van der Waals surface area contributed by atoms with Crippen LogP contribution in [0.4, 0.5) is 8.78 Å². The zero-order valence-electron chi connectivity index (χ0n) is 11.4. The van der Waals surface area contributed by atoms with Gasteiger partial charge in [-0.05, 0) is 31.3 Å². The predicted octanol–water partition coefficient (Wildman–Crippen LogP) is 3.38. The average Bonchev–Trinajstić information content (AvgIpc) is 2.40. The van der Waals surface area contributed by atoms with Gasteiger partial charge in [0.15, 0.2) is 5.78 Å². The Kier molecular flexibility index (Phi) is 3.36. The number of alkyl halides is 2. The third kappa shape index (κ3) is 2.75. The van der Waals surface area contributed by atoms with Gasteiger partial charge in [0.25, 0.3) is 0 Å². The fourth-order valence-corrected chi connectivity index (χ4v) is 3.50. The molecule has 0 bridgehead atoms. The topological polar surface area (TPSA) is 20.3 Å². The van der Waals surface area contributed by atoms with Gasteiger partial charge >= 0.3 is 0 Å². The van der Waals surface area contributed by atoms with Gasteiger partial charge in [-0.3, -0.25) is 9.69 Å². The van der Waals surface area contributed by atoms with Crippen LogP contribution >= 0.6 is 0 Å². The minimum absolute atomic E-state index is 0.0421. The van der Waals surface area contributed by atoms with Crippen molar-refractivity contribution < 1.29 is 13.6 Å². The summed E-state index contributed by atoms with van der Waals surface area (Å²) >= 11 is 0. The van der Waals surface area contributed by atoms with Gasteiger partial charge < -0.3 is 0 Å². The normalized spacial score (nSPS) is 24.3. The molecule has 20 heavy (non-hydrogen) atoms. The summed E-state index contributed by atoms with van der Waals surface area (Å²) in [6.07, 6.45) is 1.68. The second kappa shape index (κ2) is 4.92. The van der Waals surface area contributed by atoms with Crippen molar-refractivity contribution >= 4 is 5.78 Å². The van der Waals surface area contributed by atoms with Crippen molar-refractivity contribution in [3.8, 4) is 0 Å². The Bertz CT molecular complexity index is 482. The van der Waals surface area contributed by atoms with Crippen LogP contribution in [0.2, 0.25) is 0 Å². The molecule has 2 aliphatic rings. The largest absolute Gasteiger partial charge is 0.296 e. The lowest BCUT2D eigenvalue weighted by Gasteiger charge is -2.51. The highest BCUT2D eigenvalue weighted by Crippen LogP contribution is 2.57. The van der Waals surface area contributed by atoms with E-state index in [1.54, 1.807) is 0 Å². The number of benzene rings is 1. The number of carbonyl (C=O) groups excluding carboxylic acids is 1. The predicted molar refractivity (Wildman–Crippen MR) is 73.1 cm³/mol. The van der Waals surface area contributed by atoms with E-state index in [1.807, 2.05) is 30.3 Å². The molecule has 108 valence electrons. The Balaban J connectivity index is 1.51. The van der Waals surface area contributed by atoms with Crippen LogP contribution in [-0.2, 0) is 0 Å². The molecule has 4 heteroatoms. The van der Waals surface area contributed by atoms with E-state index in [0.29, 0.717) is 6.54 Å². The number of Topliss-reactive ketones (excluding diaryl/α,β-unsaturated/α-hetero) is 1. The SMILES string of the molecule is O=C(CN1CCC2(CC1)CC(F)(F)C2)c1ccccc1. The van der Waals surface area contributed by atoms with Crippen molar-refractivity contribution in [2.75, 3.05) is 19.6 Å².